The van der Waals surface area contributed by atoms with Gasteiger partial charge in [-0.15, -0.1) is 0 Å². The second-order valence-corrected chi connectivity index (χ2v) is 15.5. The summed E-state index contributed by atoms with van der Waals surface area (Å²) in [6.07, 6.45) is 0. The Bertz CT molecular complexity index is 2050. The minimum absolute atomic E-state index is 0.672. The molecule has 1 aliphatic heterocycles. The van der Waals surface area contributed by atoms with Crippen molar-refractivity contribution in [3.8, 4) is 45.3 Å². The van der Waals surface area contributed by atoms with Crippen LogP contribution in [0.3, 0.4) is 0 Å². The molecule has 7 aromatic rings. The topological polar surface area (TPSA) is 38.7 Å². The highest BCUT2D eigenvalue weighted by molar-refractivity contribution is 7.22. The third-order valence-corrected chi connectivity index (χ3v) is 13.9. The van der Waals surface area contributed by atoms with Gasteiger partial charge in [-0.3, -0.25) is 0 Å². The minimum atomic E-state index is -2.79. The molecule has 4 heteroatoms. The van der Waals surface area contributed by atoms with Gasteiger partial charge in [-0.2, -0.15) is 0 Å². The van der Waals surface area contributed by atoms with Crippen LogP contribution in [0.5, 0.6) is 0 Å². The average molecular weight is 594 g/mol. The van der Waals surface area contributed by atoms with Crippen LogP contribution in [0.25, 0.3) is 45.3 Å². The fourth-order valence-electron chi connectivity index (χ4n) is 6.85. The van der Waals surface area contributed by atoms with Crippen LogP contribution < -0.4 is 20.7 Å². The second-order valence-electron chi connectivity index (χ2n) is 11.8. The Morgan fingerprint density at radius 1 is 0.378 bits per heavy atom. The third-order valence-electron chi connectivity index (χ3n) is 8.97. The molecule has 0 N–H and O–H groups in total. The summed E-state index contributed by atoms with van der Waals surface area (Å²) < 4.78 is 0. The van der Waals surface area contributed by atoms with Crippen LogP contribution in [0.4, 0.5) is 0 Å². The highest BCUT2D eigenvalue weighted by Crippen LogP contribution is 2.34. The van der Waals surface area contributed by atoms with Crippen LogP contribution in [0.15, 0.2) is 152 Å². The monoisotopic (exact) mass is 593 g/mol. The molecule has 214 valence electrons. The lowest BCUT2D eigenvalue weighted by molar-refractivity contribution is 1.08. The van der Waals surface area contributed by atoms with Crippen molar-refractivity contribution in [2.75, 3.05) is 0 Å². The SMILES string of the molecule is Cc1ccc([Si]2(c3ccc(C)cc3)c3ccccc3-c3cccc(-c4nc(-c5ccccc5)nc(-c5ccccc5)n4)c32)cc1. The number of aromatic nitrogens is 3. The summed E-state index contributed by atoms with van der Waals surface area (Å²) in [7, 11) is -2.79. The van der Waals surface area contributed by atoms with E-state index in [0.29, 0.717) is 17.5 Å². The summed E-state index contributed by atoms with van der Waals surface area (Å²) in [6.45, 7) is 4.32. The molecular formula is C41H31N3Si. The average Bonchev–Trinajstić information content (AvgIpc) is 3.41. The minimum Gasteiger partial charge on any atom is -0.208 e. The zero-order chi connectivity index (χ0) is 30.4. The smallest absolute Gasteiger partial charge is 0.181 e. The second kappa shape index (κ2) is 10.9. The van der Waals surface area contributed by atoms with E-state index >= 15 is 0 Å². The van der Waals surface area contributed by atoms with Crippen LogP contribution in [0.2, 0.25) is 0 Å². The first-order valence-corrected chi connectivity index (χ1v) is 17.4. The fraction of sp³-hybridized carbons (Fsp3) is 0.0488. The van der Waals surface area contributed by atoms with E-state index in [0.717, 1.165) is 16.7 Å². The van der Waals surface area contributed by atoms with Gasteiger partial charge in [0.25, 0.3) is 0 Å². The Labute approximate surface area is 265 Å². The van der Waals surface area contributed by atoms with Crippen molar-refractivity contribution in [2.45, 2.75) is 13.8 Å². The van der Waals surface area contributed by atoms with Gasteiger partial charge in [0.15, 0.2) is 25.5 Å². The number of hydrogen-bond acceptors (Lipinski definition) is 3. The predicted molar refractivity (Wildman–Crippen MR) is 188 cm³/mol. The normalized spacial score (nSPS) is 12.8. The van der Waals surface area contributed by atoms with Gasteiger partial charge in [0, 0.05) is 16.7 Å². The van der Waals surface area contributed by atoms with Crippen LogP contribution in [-0.4, -0.2) is 23.0 Å². The molecule has 8 rings (SSSR count). The van der Waals surface area contributed by atoms with Crippen LogP contribution in [-0.2, 0) is 0 Å². The van der Waals surface area contributed by atoms with Gasteiger partial charge in [-0.05, 0) is 45.7 Å². The molecule has 0 atom stereocenters. The summed E-state index contributed by atoms with van der Waals surface area (Å²) in [5.74, 6) is 2.04. The first-order chi connectivity index (χ1) is 22.1. The molecule has 0 fully saturated rings. The van der Waals surface area contributed by atoms with E-state index in [-0.39, 0.29) is 0 Å². The number of benzene rings is 6. The summed E-state index contributed by atoms with van der Waals surface area (Å²) in [4.78, 5) is 15.4. The summed E-state index contributed by atoms with van der Waals surface area (Å²) in [5.41, 5.74) is 8.06. The molecule has 0 saturated carbocycles. The first kappa shape index (κ1) is 27.1. The molecule has 45 heavy (non-hydrogen) atoms. The number of fused-ring (bicyclic) bond motifs is 3. The first-order valence-electron chi connectivity index (χ1n) is 15.4. The highest BCUT2D eigenvalue weighted by Gasteiger charge is 2.50. The van der Waals surface area contributed by atoms with Crippen molar-refractivity contribution in [3.05, 3.63) is 163 Å². The molecule has 3 nitrogen and oxygen atoms in total. The maximum Gasteiger partial charge on any atom is 0.181 e. The molecule has 0 unspecified atom stereocenters. The summed E-state index contributed by atoms with van der Waals surface area (Å²) >= 11 is 0. The van der Waals surface area contributed by atoms with Crippen molar-refractivity contribution in [3.63, 3.8) is 0 Å². The Balaban J connectivity index is 1.49. The lowest BCUT2D eigenvalue weighted by atomic mass is 10.0. The van der Waals surface area contributed by atoms with Gasteiger partial charge >= 0.3 is 0 Å². The number of rotatable bonds is 5. The molecule has 1 aliphatic rings. The van der Waals surface area contributed by atoms with Gasteiger partial charge in [-0.1, -0.05) is 163 Å². The molecule has 6 aromatic carbocycles. The van der Waals surface area contributed by atoms with Crippen LogP contribution >= 0.6 is 0 Å². The van der Waals surface area contributed by atoms with E-state index in [1.54, 1.807) is 0 Å². The fourth-order valence-corrected chi connectivity index (χ4v) is 12.2. The summed E-state index contributed by atoms with van der Waals surface area (Å²) in [6, 6.07) is 54.5. The molecular weight excluding hydrogens is 563 g/mol. The number of aryl methyl sites for hydroxylation is 2. The molecule has 2 heterocycles. The van der Waals surface area contributed by atoms with Crippen LogP contribution in [0.1, 0.15) is 11.1 Å². The third kappa shape index (κ3) is 4.45. The van der Waals surface area contributed by atoms with Gasteiger partial charge in [0.05, 0.1) is 0 Å². The summed E-state index contributed by atoms with van der Waals surface area (Å²) in [5, 5.41) is 5.45. The largest absolute Gasteiger partial charge is 0.208 e. The zero-order valence-corrected chi connectivity index (χ0v) is 26.3. The van der Waals surface area contributed by atoms with E-state index in [2.05, 4.69) is 129 Å². The number of nitrogens with zero attached hydrogens (tertiary/aromatic N) is 3. The molecule has 0 radical (unpaired) electrons. The maximum atomic E-state index is 5.22. The van der Waals surface area contributed by atoms with Gasteiger partial charge < -0.3 is 0 Å². The van der Waals surface area contributed by atoms with E-state index in [1.807, 2.05) is 36.4 Å². The lowest BCUT2D eigenvalue weighted by Gasteiger charge is -2.32. The van der Waals surface area contributed by atoms with E-state index < -0.39 is 8.07 Å². The van der Waals surface area contributed by atoms with Gasteiger partial charge in [0.2, 0.25) is 0 Å². The maximum absolute atomic E-state index is 5.22. The molecule has 1 aromatic heterocycles. The molecule has 0 bridgehead atoms. The van der Waals surface area contributed by atoms with Crippen molar-refractivity contribution in [1.82, 2.24) is 15.0 Å². The van der Waals surface area contributed by atoms with Crippen molar-refractivity contribution in [2.24, 2.45) is 0 Å². The van der Waals surface area contributed by atoms with Crippen molar-refractivity contribution in [1.29, 1.82) is 0 Å². The van der Waals surface area contributed by atoms with E-state index in [4.69, 9.17) is 15.0 Å². The standard InChI is InChI=1S/C41H31N3Si/c1-28-20-24-32(25-21-28)45(33-26-22-29(2)23-27-33)37-19-10-9-16-34(37)35-17-11-18-36(38(35)45)41-43-39(30-12-5-3-6-13-30)42-40(44-41)31-14-7-4-8-15-31/h3-27H,1-2H3. The van der Waals surface area contributed by atoms with Crippen LogP contribution in [0, 0.1) is 13.8 Å². The molecule has 0 saturated heterocycles. The van der Waals surface area contributed by atoms with E-state index in [1.165, 1.54) is 43.0 Å². The van der Waals surface area contributed by atoms with E-state index in [9.17, 15) is 0 Å². The van der Waals surface area contributed by atoms with Crippen molar-refractivity contribution < 1.29 is 0 Å². The Hall–Kier alpha value is -5.45. The molecule has 0 amide bonds. The molecule has 0 aliphatic carbocycles. The highest BCUT2D eigenvalue weighted by atomic mass is 28.3. The Kier molecular flexibility index (Phi) is 6.58. The number of hydrogen-bond donors (Lipinski definition) is 0. The van der Waals surface area contributed by atoms with Crippen molar-refractivity contribution >= 4 is 28.8 Å². The zero-order valence-electron chi connectivity index (χ0n) is 25.3. The Morgan fingerprint density at radius 2 is 0.822 bits per heavy atom. The van der Waals surface area contributed by atoms with Gasteiger partial charge in [-0.25, -0.2) is 15.0 Å². The molecule has 0 spiro atoms. The quantitative estimate of drug-likeness (QED) is 0.205. The predicted octanol–water partition coefficient (Wildman–Crippen LogP) is 6.85. The lowest BCUT2D eigenvalue weighted by Crippen LogP contribution is -2.73. The Morgan fingerprint density at radius 3 is 1.38 bits per heavy atom. The van der Waals surface area contributed by atoms with Gasteiger partial charge in [0.1, 0.15) is 0 Å².